The predicted molar refractivity (Wildman–Crippen MR) is 80.2 cm³/mol. The maximum atomic E-state index is 10.7. The minimum atomic E-state index is -0.790. The van der Waals surface area contributed by atoms with Crippen LogP contribution in [0, 0.1) is 10.1 Å². The van der Waals surface area contributed by atoms with Gasteiger partial charge in [0.2, 0.25) is 0 Å². The number of rotatable bonds is 8. The van der Waals surface area contributed by atoms with E-state index in [4.69, 9.17) is 5.11 Å². The van der Waals surface area contributed by atoms with E-state index in [1.165, 1.54) is 12.1 Å². The molecule has 0 fully saturated rings. The summed E-state index contributed by atoms with van der Waals surface area (Å²) in [4.78, 5) is 23.1. The summed E-state index contributed by atoms with van der Waals surface area (Å²) in [5.41, 5.74) is 1.07. The Hall–Kier alpha value is -1.95. The van der Waals surface area contributed by atoms with Gasteiger partial charge >= 0.3 is 5.97 Å². The molecule has 0 aliphatic heterocycles. The zero-order chi connectivity index (χ0) is 16.0. The van der Waals surface area contributed by atoms with Crippen molar-refractivity contribution in [2.75, 3.05) is 6.54 Å². The van der Waals surface area contributed by atoms with Gasteiger partial charge in [-0.3, -0.25) is 19.8 Å². The van der Waals surface area contributed by atoms with Gasteiger partial charge in [-0.2, -0.15) is 0 Å². The third-order valence-electron chi connectivity index (χ3n) is 3.55. The van der Waals surface area contributed by atoms with E-state index in [1.807, 2.05) is 6.92 Å². The highest BCUT2D eigenvalue weighted by atomic mass is 16.6. The fraction of sp³-hybridized carbons (Fsp3) is 0.533. The lowest BCUT2D eigenvalue weighted by Gasteiger charge is -2.33. The number of hydrogen-bond donors (Lipinski definition) is 1. The molecule has 1 N–H and O–H groups in total. The number of benzene rings is 1. The lowest BCUT2D eigenvalue weighted by molar-refractivity contribution is -0.384. The maximum absolute atomic E-state index is 10.7. The van der Waals surface area contributed by atoms with E-state index >= 15 is 0 Å². The molecule has 0 saturated heterocycles. The molecule has 6 heteroatoms. The van der Waals surface area contributed by atoms with Crippen LogP contribution in [0.3, 0.4) is 0 Å². The zero-order valence-corrected chi connectivity index (χ0v) is 12.7. The molecule has 1 atom stereocenters. The van der Waals surface area contributed by atoms with Gasteiger partial charge in [-0.25, -0.2) is 0 Å². The lowest BCUT2D eigenvalue weighted by Crippen LogP contribution is -2.34. The van der Waals surface area contributed by atoms with Crippen LogP contribution in [0.25, 0.3) is 0 Å². The van der Waals surface area contributed by atoms with Gasteiger partial charge in [0.05, 0.1) is 4.92 Å². The summed E-state index contributed by atoms with van der Waals surface area (Å²) in [5.74, 6) is -0.790. The third kappa shape index (κ3) is 5.15. The topological polar surface area (TPSA) is 83.7 Å². The number of carboxylic acids is 1. The average molecular weight is 294 g/mol. The smallest absolute Gasteiger partial charge is 0.303 e. The predicted octanol–water partition coefficient (Wildman–Crippen LogP) is 3.23. The molecule has 1 aromatic carbocycles. The summed E-state index contributed by atoms with van der Waals surface area (Å²) in [6.07, 6.45) is 0.737. The first kappa shape index (κ1) is 17.1. The summed E-state index contributed by atoms with van der Waals surface area (Å²) in [7, 11) is 0. The van der Waals surface area contributed by atoms with Crippen molar-refractivity contribution in [3.05, 3.63) is 39.9 Å². The van der Waals surface area contributed by atoms with E-state index in [9.17, 15) is 14.9 Å². The van der Waals surface area contributed by atoms with Crippen LogP contribution in [0.5, 0.6) is 0 Å². The molecule has 0 heterocycles. The van der Waals surface area contributed by atoms with Crippen molar-refractivity contribution in [3.63, 3.8) is 0 Å². The first-order valence-electron chi connectivity index (χ1n) is 7.04. The second-order valence-electron chi connectivity index (χ2n) is 5.35. The van der Waals surface area contributed by atoms with E-state index in [2.05, 4.69) is 18.7 Å². The van der Waals surface area contributed by atoms with Crippen LogP contribution in [-0.2, 0) is 4.79 Å². The Kier molecular flexibility index (Phi) is 6.30. The molecule has 0 amide bonds. The monoisotopic (exact) mass is 294 g/mol. The molecule has 0 aliphatic carbocycles. The molecule has 1 aromatic rings. The fourth-order valence-corrected chi connectivity index (χ4v) is 2.38. The molecule has 1 rings (SSSR count). The number of non-ortho nitro benzene ring substituents is 1. The Labute approximate surface area is 124 Å². The molecular weight excluding hydrogens is 272 g/mol. The van der Waals surface area contributed by atoms with E-state index in [0.29, 0.717) is 13.0 Å². The Balaban J connectivity index is 2.77. The molecule has 0 bridgehead atoms. The molecule has 116 valence electrons. The minimum absolute atomic E-state index is 0.0768. The standard InChI is InChI=1S/C15H22N2O4/c1-11(2)16(10-4-5-15(18)19)12(3)13-6-8-14(9-7-13)17(20)21/h6-9,11-12H,4-5,10H2,1-3H3,(H,18,19). The van der Waals surface area contributed by atoms with Crippen molar-refractivity contribution >= 4 is 11.7 Å². The van der Waals surface area contributed by atoms with Crippen molar-refractivity contribution in [2.45, 2.75) is 45.7 Å². The average Bonchev–Trinajstić information content (AvgIpc) is 2.42. The normalized spacial score (nSPS) is 12.6. The highest BCUT2D eigenvalue weighted by Gasteiger charge is 2.19. The highest BCUT2D eigenvalue weighted by molar-refractivity contribution is 5.66. The van der Waals surface area contributed by atoms with Gasteiger partial charge in [-0.05, 0) is 39.3 Å². The van der Waals surface area contributed by atoms with E-state index in [1.54, 1.807) is 12.1 Å². The second-order valence-corrected chi connectivity index (χ2v) is 5.35. The van der Waals surface area contributed by atoms with Crippen LogP contribution >= 0.6 is 0 Å². The fourth-order valence-electron chi connectivity index (χ4n) is 2.38. The van der Waals surface area contributed by atoms with Gasteiger partial charge < -0.3 is 5.11 Å². The summed E-state index contributed by atoms with van der Waals surface area (Å²) in [6, 6.07) is 6.87. The maximum Gasteiger partial charge on any atom is 0.303 e. The summed E-state index contributed by atoms with van der Waals surface area (Å²) >= 11 is 0. The molecule has 0 radical (unpaired) electrons. The van der Waals surface area contributed by atoms with Crippen LogP contribution in [-0.4, -0.2) is 33.5 Å². The SMILES string of the molecule is CC(C)N(CCCC(=O)O)C(C)c1ccc([N+](=O)[O-])cc1. The number of hydrogen-bond acceptors (Lipinski definition) is 4. The van der Waals surface area contributed by atoms with E-state index in [0.717, 1.165) is 5.56 Å². The van der Waals surface area contributed by atoms with Crippen molar-refractivity contribution in [1.29, 1.82) is 0 Å². The molecular formula is C15H22N2O4. The highest BCUT2D eigenvalue weighted by Crippen LogP contribution is 2.24. The molecule has 0 aromatic heterocycles. The number of nitrogens with zero attached hydrogens (tertiary/aromatic N) is 2. The molecule has 6 nitrogen and oxygen atoms in total. The Morgan fingerprint density at radius 1 is 1.29 bits per heavy atom. The largest absolute Gasteiger partial charge is 0.481 e. The van der Waals surface area contributed by atoms with E-state index in [-0.39, 0.29) is 24.2 Å². The van der Waals surface area contributed by atoms with Crippen molar-refractivity contribution in [1.82, 2.24) is 4.90 Å². The van der Waals surface area contributed by atoms with Gasteiger partial charge in [-0.1, -0.05) is 12.1 Å². The Morgan fingerprint density at radius 3 is 2.29 bits per heavy atom. The zero-order valence-electron chi connectivity index (χ0n) is 12.7. The minimum Gasteiger partial charge on any atom is -0.481 e. The molecule has 0 aliphatic rings. The number of nitro benzene ring substituents is 1. The number of aliphatic carboxylic acids is 1. The number of carbonyl (C=O) groups is 1. The third-order valence-corrected chi connectivity index (χ3v) is 3.55. The van der Waals surface area contributed by atoms with E-state index < -0.39 is 10.9 Å². The van der Waals surface area contributed by atoms with Crippen molar-refractivity contribution in [3.8, 4) is 0 Å². The van der Waals surface area contributed by atoms with Crippen LogP contribution in [0.15, 0.2) is 24.3 Å². The molecule has 21 heavy (non-hydrogen) atoms. The number of carboxylic acid groups (broad SMARTS) is 1. The molecule has 0 saturated carbocycles. The van der Waals surface area contributed by atoms with Crippen LogP contribution in [0.1, 0.15) is 45.2 Å². The van der Waals surface area contributed by atoms with Crippen molar-refractivity contribution < 1.29 is 14.8 Å². The van der Waals surface area contributed by atoms with Crippen LogP contribution < -0.4 is 0 Å². The summed E-state index contributed by atoms with van der Waals surface area (Å²) in [5, 5.41) is 19.4. The quantitative estimate of drug-likeness (QED) is 0.588. The van der Waals surface area contributed by atoms with Gasteiger partial charge in [0.25, 0.3) is 5.69 Å². The summed E-state index contributed by atoms with van der Waals surface area (Å²) in [6.45, 7) is 6.83. The van der Waals surface area contributed by atoms with Gasteiger partial charge in [0.15, 0.2) is 0 Å². The molecule has 1 unspecified atom stereocenters. The Morgan fingerprint density at radius 2 is 1.86 bits per heavy atom. The lowest BCUT2D eigenvalue weighted by atomic mass is 10.0. The van der Waals surface area contributed by atoms with Gasteiger partial charge in [0, 0.05) is 30.6 Å². The van der Waals surface area contributed by atoms with Crippen LogP contribution in [0.2, 0.25) is 0 Å². The van der Waals surface area contributed by atoms with Gasteiger partial charge in [0.1, 0.15) is 0 Å². The van der Waals surface area contributed by atoms with Crippen LogP contribution in [0.4, 0.5) is 5.69 Å². The first-order valence-corrected chi connectivity index (χ1v) is 7.04. The van der Waals surface area contributed by atoms with Crippen molar-refractivity contribution in [2.24, 2.45) is 0 Å². The number of nitro groups is 1. The second kappa shape index (κ2) is 7.73. The molecule has 0 spiro atoms. The van der Waals surface area contributed by atoms with Gasteiger partial charge in [-0.15, -0.1) is 0 Å². The Bertz CT molecular complexity index is 485. The first-order chi connectivity index (χ1) is 9.82. The summed E-state index contributed by atoms with van der Waals surface area (Å²) < 4.78 is 0.